The minimum absolute atomic E-state index is 0.0873. The molecule has 1 N–H and O–H groups in total. The third-order valence-electron chi connectivity index (χ3n) is 8.97. The Morgan fingerprint density at radius 1 is 0.882 bits per heavy atom. The van der Waals surface area contributed by atoms with Crippen molar-refractivity contribution in [1.29, 1.82) is 0 Å². The summed E-state index contributed by atoms with van der Waals surface area (Å²) in [6.07, 6.45) is 0.693. The lowest BCUT2D eigenvalue weighted by Gasteiger charge is -2.36. The summed E-state index contributed by atoms with van der Waals surface area (Å²) in [5.74, 6) is -0.777. The standard InChI is InChI=1S/C37H48N5O8P/c1-5-48-37(45)41-21-19-40(20-22-41)36(44)34(23-27-13-15-31(16-14-27)51(46,49-6-2)50-7-3)39-35(43)33-25-29(42-18-17-30(26-42)47-4)24-32(38-33)28-11-9-8-10-12-28/h8-16,24-25,30,34H,5-7,17-23,26H2,1-4H3,(H,39,43)/t30-,34-/m0/s1. The summed E-state index contributed by atoms with van der Waals surface area (Å²) in [5.41, 5.74) is 3.26. The van der Waals surface area contributed by atoms with Crippen molar-refractivity contribution in [2.24, 2.45) is 0 Å². The van der Waals surface area contributed by atoms with Gasteiger partial charge in [0.2, 0.25) is 5.91 Å². The van der Waals surface area contributed by atoms with Gasteiger partial charge in [-0.15, -0.1) is 0 Å². The van der Waals surface area contributed by atoms with Gasteiger partial charge < -0.3 is 38.5 Å². The number of carbonyl (C=O) groups excluding carboxylic acids is 3. The molecule has 3 amide bonds. The summed E-state index contributed by atoms with van der Waals surface area (Å²) in [5, 5.41) is 3.40. The van der Waals surface area contributed by atoms with E-state index in [-0.39, 0.29) is 57.0 Å². The number of aromatic nitrogens is 1. The van der Waals surface area contributed by atoms with Crippen LogP contribution in [0.2, 0.25) is 0 Å². The van der Waals surface area contributed by atoms with Gasteiger partial charge in [0.25, 0.3) is 5.91 Å². The van der Waals surface area contributed by atoms with Gasteiger partial charge in [0.15, 0.2) is 0 Å². The highest BCUT2D eigenvalue weighted by Crippen LogP contribution is 2.46. The number of methoxy groups -OCH3 is 1. The Labute approximate surface area is 299 Å². The van der Waals surface area contributed by atoms with Crippen molar-refractivity contribution in [3.05, 3.63) is 78.0 Å². The number of anilines is 1. The Morgan fingerprint density at radius 3 is 2.16 bits per heavy atom. The van der Waals surface area contributed by atoms with Crippen LogP contribution in [0.5, 0.6) is 0 Å². The monoisotopic (exact) mass is 721 g/mol. The molecule has 2 atom stereocenters. The van der Waals surface area contributed by atoms with Crippen molar-refractivity contribution in [1.82, 2.24) is 20.1 Å². The van der Waals surface area contributed by atoms with Gasteiger partial charge >= 0.3 is 13.7 Å². The zero-order valence-corrected chi connectivity index (χ0v) is 30.7. The molecule has 274 valence electrons. The summed E-state index contributed by atoms with van der Waals surface area (Å²) < 4.78 is 35.1. The van der Waals surface area contributed by atoms with Crippen LogP contribution in [0.4, 0.5) is 10.5 Å². The third kappa shape index (κ3) is 9.53. The van der Waals surface area contributed by atoms with Crippen molar-refractivity contribution in [2.75, 3.05) is 71.1 Å². The van der Waals surface area contributed by atoms with Crippen LogP contribution in [0.15, 0.2) is 66.7 Å². The molecule has 3 heterocycles. The van der Waals surface area contributed by atoms with Crippen LogP contribution in [0.3, 0.4) is 0 Å². The number of nitrogens with one attached hydrogen (secondary N) is 1. The Kier molecular flexibility index (Phi) is 13.2. The molecule has 2 aromatic carbocycles. The number of ether oxygens (including phenoxy) is 2. The van der Waals surface area contributed by atoms with Crippen LogP contribution < -0.4 is 15.5 Å². The van der Waals surface area contributed by atoms with E-state index >= 15 is 0 Å². The van der Waals surface area contributed by atoms with Crippen LogP contribution in [-0.4, -0.2) is 111 Å². The highest BCUT2D eigenvalue weighted by atomic mass is 31.2. The molecule has 0 radical (unpaired) electrons. The highest BCUT2D eigenvalue weighted by molar-refractivity contribution is 7.62. The number of hydrogen-bond acceptors (Lipinski definition) is 10. The lowest BCUT2D eigenvalue weighted by Crippen LogP contribution is -2.56. The van der Waals surface area contributed by atoms with Gasteiger partial charge in [-0.25, -0.2) is 9.78 Å². The molecule has 2 fully saturated rings. The number of nitrogens with zero attached hydrogens (tertiary/aromatic N) is 4. The minimum atomic E-state index is -3.51. The van der Waals surface area contributed by atoms with Gasteiger partial charge in [0.1, 0.15) is 11.7 Å². The second-order valence-electron chi connectivity index (χ2n) is 12.3. The molecule has 1 aromatic heterocycles. The molecule has 2 saturated heterocycles. The maximum atomic E-state index is 14.2. The molecule has 51 heavy (non-hydrogen) atoms. The number of carbonyl (C=O) groups is 3. The van der Waals surface area contributed by atoms with Crippen LogP contribution in [0, 0.1) is 0 Å². The lowest BCUT2D eigenvalue weighted by molar-refractivity contribution is -0.134. The van der Waals surface area contributed by atoms with Crippen LogP contribution in [-0.2, 0) is 34.3 Å². The molecule has 5 rings (SSSR count). The highest BCUT2D eigenvalue weighted by Gasteiger charge is 2.32. The molecular weight excluding hydrogens is 673 g/mol. The number of piperazine rings is 1. The van der Waals surface area contributed by atoms with E-state index in [1.165, 1.54) is 0 Å². The van der Waals surface area contributed by atoms with Gasteiger partial charge in [0, 0.05) is 64.0 Å². The molecule has 0 saturated carbocycles. The van der Waals surface area contributed by atoms with Crippen LogP contribution >= 0.6 is 7.60 Å². The lowest BCUT2D eigenvalue weighted by atomic mass is 10.0. The van der Waals surface area contributed by atoms with Crippen molar-refractivity contribution in [2.45, 2.75) is 45.8 Å². The predicted molar refractivity (Wildman–Crippen MR) is 194 cm³/mol. The van der Waals surface area contributed by atoms with E-state index in [9.17, 15) is 18.9 Å². The van der Waals surface area contributed by atoms with E-state index in [2.05, 4.69) is 10.2 Å². The normalized spacial score (nSPS) is 16.9. The molecule has 0 bridgehead atoms. The fraction of sp³-hybridized carbons (Fsp3) is 0.459. The fourth-order valence-corrected chi connectivity index (χ4v) is 7.85. The van der Waals surface area contributed by atoms with E-state index < -0.39 is 25.6 Å². The fourth-order valence-electron chi connectivity index (χ4n) is 6.28. The van der Waals surface area contributed by atoms with E-state index in [0.29, 0.717) is 30.6 Å². The molecule has 14 heteroatoms. The van der Waals surface area contributed by atoms with Crippen LogP contribution in [0.25, 0.3) is 11.3 Å². The van der Waals surface area contributed by atoms with E-state index in [4.69, 9.17) is 23.5 Å². The van der Waals surface area contributed by atoms with Crippen molar-refractivity contribution >= 4 is 36.5 Å². The molecular formula is C37H48N5O8P. The summed E-state index contributed by atoms with van der Waals surface area (Å²) >= 11 is 0. The van der Waals surface area contributed by atoms with Crippen LogP contribution in [0.1, 0.15) is 43.2 Å². The minimum Gasteiger partial charge on any atom is -0.450 e. The summed E-state index contributed by atoms with van der Waals surface area (Å²) in [6, 6.07) is 19.3. The largest absolute Gasteiger partial charge is 0.450 e. The zero-order chi connectivity index (χ0) is 36.4. The van der Waals surface area contributed by atoms with E-state index in [0.717, 1.165) is 29.8 Å². The maximum Gasteiger partial charge on any atom is 0.409 e. The average molecular weight is 722 g/mol. The maximum absolute atomic E-state index is 14.2. The van der Waals surface area contributed by atoms with Gasteiger partial charge in [-0.3, -0.25) is 14.2 Å². The first-order chi connectivity index (χ1) is 24.7. The van der Waals surface area contributed by atoms with Crippen molar-refractivity contribution < 1.29 is 37.5 Å². The number of amides is 3. The molecule has 3 aromatic rings. The summed E-state index contributed by atoms with van der Waals surface area (Å²) in [4.78, 5) is 50.7. The second kappa shape index (κ2) is 17.8. The van der Waals surface area contributed by atoms with Crippen molar-refractivity contribution in [3.8, 4) is 11.3 Å². The smallest absolute Gasteiger partial charge is 0.409 e. The average Bonchev–Trinajstić information content (AvgIpc) is 3.65. The van der Waals surface area contributed by atoms with Crippen molar-refractivity contribution in [3.63, 3.8) is 0 Å². The first-order valence-corrected chi connectivity index (χ1v) is 19.1. The number of benzene rings is 2. The number of hydrogen-bond donors (Lipinski definition) is 1. The Hall–Kier alpha value is -4.29. The molecule has 0 unspecified atom stereocenters. The molecule has 13 nitrogen and oxygen atoms in total. The van der Waals surface area contributed by atoms with Gasteiger partial charge in [0.05, 0.1) is 36.9 Å². The molecule has 0 spiro atoms. The van der Waals surface area contributed by atoms with Gasteiger partial charge in [-0.05, 0) is 57.0 Å². The summed E-state index contributed by atoms with van der Waals surface area (Å²) in [6.45, 7) is 8.61. The molecule has 2 aliphatic heterocycles. The van der Waals surface area contributed by atoms with Gasteiger partial charge in [-0.2, -0.15) is 0 Å². The topological polar surface area (TPSA) is 140 Å². The Bertz CT molecular complexity index is 1670. The summed E-state index contributed by atoms with van der Waals surface area (Å²) in [7, 11) is -1.81. The Balaban J connectivity index is 1.42. The quantitative estimate of drug-likeness (QED) is 0.237. The van der Waals surface area contributed by atoms with E-state index in [1.54, 1.807) is 68.0 Å². The third-order valence-corrected chi connectivity index (χ3v) is 11.1. The first-order valence-electron chi connectivity index (χ1n) is 17.5. The second-order valence-corrected chi connectivity index (χ2v) is 14.3. The SMILES string of the molecule is CCOC(=O)N1CCN(C(=O)[C@H](Cc2ccc(P(=O)(OCC)OCC)cc2)NC(=O)c2cc(N3CC[C@H](OC)C3)cc(-c3ccccc3)n2)CC1. The molecule has 2 aliphatic rings. The zero-order valence-electron chi connectivity index (χ0n) is 29.8. The Morgan fingerprint density at radius 2 is 1.55 bits per heavy atom. The number of rotatable bonds is 14. The first kappa shape index (κ1) is 38.0. The number of pyridine rings is 1. The predicted octanol–water partition coefficient (Wildman–Crippen LogP) is 4.51. The van der Waals surface area contributed by atoms with E-state index in [1.807, 2.05) is 36.4 Å². The van der Waals surface area contributed by atoms with Gasteiger partial charge in [-0.1, -0.05) is 42.5 Å². The molecule has 0 aliphatic carbocycles.